The van der Waals surface area contributed by atoms with E-state index in [-0.39, 0.29) is 0 Å². The van der Waals surface area contributed by atoms with Crippen LogP contribution < -0.4 is 0 Å². The van der Waals surface area contributed by atoms with Gasteiger partial charge in [-0.25, -0.2) is 0 Å². The largest absolute Gasteiger partial charge is 0.372 e. The Bertz CT molecular complexity index is 312. The maximum atomic E-state index is 5.19. The maximum absolute atomic E-state index is 5.19. The highest BCUT2D eigenvalue weighted by molar-refractivity contribution is 9.10. The Kier molecular flexibility index (Phi) is 3.21. The summed E-state index contributed by atoms with van der Waals surface area (Å²) in [6, 6.07) is 8.34. The van der Waals surface area contributed by atoms with Gasteiger partial charge in [0.05, 0.1) is 12.7 Å². The molecule has 1 atom stereocenters. The van der Waals surface area contributed by atoms with Crippen molar-refractivity contribution in [3.8, 4) is 0 Å². The van der Waals surface area contributed by atoms with E-state index in [1.807, 2.05) is 6.07 Å². The van der Waals surface area contributed by atoms with Crippen molar-refractivity contribution in [3.05, 3.63) is 34.3 Å². The van der Waals surface area contributed by atoms with Crippen molar-refractivity contribution >= 4 is 15.9 Å². The molecule has 2 rings (SSSR count). The lowest BCUT2D eigenvalue weighted by atomic mass is 10.2. The average Bonchev–Trinajstić information content (AvgIpc) is 2.93. The second kappa shape index (κ2) is 4.43. The standard InChI is InChI=1S/C11H14BrNO/c1-13(7-10-8-14-10)6-9-4-2-3-5-11(9)12/h2-5,10H,6-8H2,1H3. The van der Waals surface area contributed by atoms with E-state index in [0.717, 1.165) is 19.7 Å². The van der Waals surface area contributed by atoms with Gasteiger partial charge in [-0.2, -0.15) is 0 Å². The minimum Gasteiger partial charge on any atom is -0.372 e. The molecule has 3 heteroatoms. The number of epoxide rings is 1. The summed E-state index contributed by atoms with van der Waals surface area (Å²) in [4.78, 5) is 2.29. The zero-order chi connectivity index (χ0) is 9.97. The number of rotatable bonds is 4. The van der Waals surface area contributed by atoms with Crippen LogP contribution in [0.2, 0.25) is 0 Å². The third kappa shape index (κ3) is 2.80. The summed E-state index contributed by atoms with van der Waals surface area (Å²) in [5.41, 5.74) is 1.33. The highest BCUT2D eigenvalue weighted by atomic mass is 79.9. The van der Waals surface area contributed by atoms with Crippen LogP contribution in [0.3, 0.4) is 0 Å². The number of hydrogen-bond donors (Lipinski definition) is 0. The van der Waals surface area contributed by atoms with Crippen LogP contribution in [0.5, 0.6) is 0 Å². The minimum atomic E-state index is 0.475. The molecule has 1 heterocycles. The van der Waals surface area contributed by atoms with Crippen molar-refractivity contribution in [3.63, 3.8) is 0 Å². The summed E-state index contributed by atoms with van der Waals surface area (Å²) in [6.07, 6.45) is 0.475. The number of halogens is 1. The van der Waals surface area contributed by atoms with Gasteiger partial charge in [0.2, 0.25) is 0 Å². The maximum Gasteiger partial charge on any atom is 0.0936 e. The molecule has 0 aromatic heterocycles. The van der Waals surface area contributed by atoms with Gasteiger partial charge in [0, 0.05) is 17.6 Å². The molecule has 1 saturated heterocycles. The summed E-state index contributed by atoms with van der Waals surface area (Å²) >= 11 is 3.55. The van der Waals surface area contributed by atoms with E-state index >= 15 is 0 Å². The molecule has 1 aliphatic rings. The van der Waals surface area contributed by atoms with E-state index in [1.165, 1.54) is 10.0 Å². The second-order valence-electron chi connectivity index (χ2n) is 3.74. The molecule has 1 unspecified atom stereocenters. The van der Waals surface area contributed by atoms with Crippen molar-refractivity contribution < 1.29 is 4.74 Å². The Labute approximate surface area is 93.0 Å². The number of hydrogen-bond acceptors (Lipinski definition) is 2. The van der Waals surface area contributed by atoms with Gasteiger partial charge in [0.25, 0.3) is 0 Å². The van der Waals surface area contributed by atoms with Gasteiger partial charge in [-0.1, -0.05) is 34.1 Å². The summed E-state index contributed by atoms with van der Waals surface area (Å²) in [6.45, 7) is 2.93. The van der Waals surface area contributed by atoms with Gasteiger partial charge in [0.1, 0.15) is 0 Å². The lowest BCUT2D eigenvalue weighted by Gasteiger charge is -2.15. The highest BCUT2D eigenvalue weighted by Crippen LogP contribution is 2.18. The van der Waals surface area contributed by atoms with E-state index in [1.54, 1.807) is 0 Å². The molecule has 0 radical (unpaired) electrons. The van der Waals surface area contributed by atoms with Gasteiger partial charge in [-0.05, 0) is 18.7 Å². The van der Waals surface area contributed by atoms with Crippen LogP contribution in [-0.2, 0) is 11.3 Å². The number of benzene rings is 1. The molecule has 76 valence electrons. The molecule has 2 nitrogen and oxygen atoms in total. The highest BCUT2D eigenvalue weighted by Gasteiger charge is 2.23. The Balaban J connectivity index is 1.91. The monoisotopic (exact) mass is 255 g/mol. The minimum absolute atomic E-state index is 0.475. The Morgan fingerprint density at radius 1 is 1.50 bits per heavy atom. The topological polar surface area (TPSA) is 15.8 Å². The molecule has 1 aromatic carbocycles. The van der Waals surface area contributed by atoms with Gasteiger partial charge in [0.15, 0.2) is 0 Å². The van der Waals surface area contributed by atoms with Crippen molar-refractivity contribution in [2.45, 2.75) is 12.6 Å². The zero-order valence-corrected chi connectivity index (χ0v) is 9.83. The van der Waals surface area contributed by atoms with Crippen LogP contribution in [0.1, 0.15) is 5.56 Å². The van der Waals surface area contributed by atoms with Crippen molar-refractivity contribution in [1.82, 2.24) is 4.90 Å². The molecular weight excluding hydrogens is 242 g/mol. The molecule has 14 heavy (non-hydrogen) atoms. The molecule has 0 amide bonds. The molecule has 1 aliphatic heterocycles. The smallest absolute Gasteiger partial charge is 0.0936 e. The lowest BCUT2D eigenvalue weighted by Crippen LogP contribution is -2.22. The SMILES string of the molecule is CN(Cc1ccccc1Br)CC1CO1. The van der Waals surface area contributed by atoms with Crippen molar-refractivity contribution in [1.29, 1.82) is 0 Å². The van der Waals surface area contributed by atoms with E-state index in [0.29, 0.717) is 6.10 Å². The second-order valence-corrected chi connectivity index (χ2v) is 4.60. The molecule has 0 N–H and O–H groups in total. The van der Waals surface area contributed by atoms with E-state index in [9.17, 15) is 0 Å². The zero-order valence-electron chi connectivity index (χ0n) is 8.24. The predicted octanol–water partition coefficient (Wildman–Crippen LogP) is 2.28. The van der Waals surface area contributed by atoms with Crippen LogP contribution in [0.15, 0.2) is 28.7 Å². The summed E-state index contributed by atoms with van der Waals surface area (Å²) in [5.74, 6) is 0. The average molecular weight is 256 g/mol. The number of nitrogens with zero attached hydrogens (tertiary/aromatic N) is 1. The molecule has 0 aliphatic carbocycles. The number of ether oxygens (including phenoxy) is 1. The predicted molar refractivity (Wildman–Crippen MR) is 60.2 cm³/mol. The van der Waals surface area contributed by atoms with Crippen molar-refractivity contribution in [2.24, 2.45) is 0 Å². The summed E-state index contributed by atoms with van der Waals surface area (Å²) < 4.78 is 6.38. The summed E-state index contributed by atoms with van der Waals surface area (Å²) in [5, 5.41) is 0. The number of likely N-dealkylation sites (N-methyl/N-ethyl adjacent to an activating group) is 1. The third-order valence-corrected chi connectivity index (χ3v) is 3.09. The van der Waals surface area contributed by atoms with E-state index in [2.05, 4.69) is 46.1 Å². The van der Waals surface area contributed by atoms with E-state index < -0.39 is 0 Å². The van der Waals surface area contributed by atoms with Crippen molar-refractivity contribution in [2.75, 3.05) is 20.2 Å². The fourth-order valence-corrected chi connectivity index (χ4v) is 1.91. The molecule has 1 fully saturated rings. The first kappa shape index (κ1) is 10.1. The first-order chi connectivity index (χ1) is 6.75. The van der Waals surface area contributed by atoms with Crippen LogP contribution >= 0.6 is 15.9 Å². The van der Waals surface area contributed by atoms with E-state index in [4.69, 9.17) is 4.74 Å². The molecule has 1 aromatic rings. The van der Waals surface area contributed by atoms with Crippen LogP contribution in [-0.4, -0.2) is 31.2 Å². The van der Waals surface area contributed by atoms with Gasteiger partial charge in [-0.15, -0.1) is 0 Å². The normalized spacial score (nSPS) is 20.1. The quantitative estimate of drug-likeness (QED) is 0.768. The fraction of sp³-hybridized carbons (Fsp3) is 0.455. The van der Waals surface area contributed by atoms with Crippen LogP contribution in [0, 0.1) is 0 Å². The fourth-order valence-electron chi connectivity index (χ4n) is 1.50. The Hall–Kier alpha value is -0.380. The molecule has 0 spiro atoms. The lowest BCUT2D eigenvalue weighted by molar-refractivity contribution is 0.278. The first-order valence-corrected chi connectivity index (χ1v) is 5.58. The van der Waals surface area contributed by atoms with Crippen LogP contribution in [0.4, 0.5) is 0 Å². The Morgan fingerprint density at radius 3 is 2.86 bits per heavy atom. The first-order valence-electron chi connectivity index (χ1n) is 4.79. The van der Waals surface area contributed by atoms with Crippen LogP contribution in [0.25, 0.3) is 0 Å². The molecular formula is C11H14BrNO. The molecule has 0 bridgehead atoms. The van der Waals surface area contributed by atoms with Gasteiger partial charge < -0.3 is 4.74 Å². The third-order valence-electron chi connectivity index (χ3n) is 2.32. The molecule has 0 saturated carbocycles. The van der Waals surface area contributed by atoms with Gasteiger partial charge in [-0.3, -0.25) is 4.90 Å². The Morgan fingerprint density at radius 2 is 2.21 bits per heavy atom. The summed E-state index contributed by atoms with van der Waals surface area (Å²) in [7, 11) is 2.13. The van der Waals surface area contributed by atoms with Gasteiger partial charge >= 0.3 is 0 Å².